The molecule has 1 rings (SSSR count). The lowest BCUT2D eigenvalue weighted by Crippen LogP contribution is -2.47. The van der Waals surface area contributed by atoms with Crippen LogP contribution in [0, 0.1) is 17.3 Å². The van der Waals surface area contributed by atoms with E-state index >= 15 is 0 Å². The van der Waals surface area contributed by atoms with Crippen molar-refractivity contribution in [3.63, 3.8) is 0 Å². The number of amides is 1. The zero-order valence-electron chi connectivity index (χ0n) is 21.5. The van der Waals surface area contributed by atoms with Crippen LogP contribution in [0.3, 0.4) is 0 Å². The number of hydrogen-bond acceptors (Lipinski definition) is 5. The van der Waals surface area contributed by atoms with Gasteiger partial charge in [-0.05, 0) is 53.4 Å². The molecule has 32 heavy (non-hydrogen) atoms. The summed E-state index contributed by atoms with van der Waals surface area (Å²) in [6.07, 6.45) is 1.74. The van der Waals surface area contributed by atoms with Gasteiger partial charge >= 0.3 is 6.09 Å². The topological polar surface area (TPSA) is 73.2 Å². The van der Waals surface area contributed by atoms with Crippen molar-refractivity contribution in [2.24, 2.45) is 17.3 Å². The molecule has 0 aromatic heterocycles. The lowest BCUT2D eigenvalue weighted by atomic mass is 9.85. The largest absolute Gasteiger partial charge is 0.444 e. The second-order valence-corrected chi connectivity index (χ2v) is 11.3. The first-order valence-corrected chi connectivity index (χ1v) is 11.9. The minimum atomic E-state index is -1.11. The summed E-state index contributed by atoms with van der Waals surface area (Å²) >= 11 is 0. The van der Waals surface area contributed by atoms with E-state index in [4.69, 9.17) is 4.74 Å². The number of nitrogens with zero attached hydrogens (tertiary/aromatic N) is 2. The molecule has 0 spiro atoms. The molecule has 2 N–H and O–H groups in total. The SMILES string of the molecule is CC=C(C)CCC(C)CN(CC1CN(C(=O)OC(C)(C)C)CC1F)CC(C)(C)C(O)CO. The molecule has 7 heteroatoms. The van der Waals surface area contributed by atoms with E-state index in [-0.39, 0.29) is 19.1 Å². The monoisotopic (exact) mass is 458 g/mol. The van der Waals surface area contributed by atoms with Crippen molar-refractivity contribution in [3.8, 4) is 0 Å². The van der Waals surface area contributed by atoms with E-state index in [0.717, 1.165) is 19.4 Å². The Kier molecular flexibility index (Phi) is 11.1. The summed E-state index contributed by atoms with van der Waals surface area (Å²) in [7, 11) is 0. The Bertz CT molecular complexity index is 618. The summed E-state index contributed by atoms with van der Waals surface area (Å²) < 4.78 is 20.3. The van der Waals surface area contributed by atoms with Gasteiger partial charge in [0.25, 0.3) is 0 Å². The molecule has 1 amide bonds. The van der Waals surface area contributed by atoms with Crippen LogP contribution in [-0.4, -0.2) is 83.3 Å². The summed E-state index contributed by atoms with van der Waals surface area (Å²) in [5, 5.41) is 19.7. The molecule has 1 aliphatic rings. The van der Waals surface area contributed by atoms with Crippen LogP contribution >= 0.6 is 0 Å². The fourth-order valence-corrected chi connectivity index (χ4v) is 4.09. The number of likely N-dealkylation sites (tertiary alicyclic amines) is 1. The maximum atomic E-state index is 14.9. The van der Waals surface area contributed by atoms with Gasteiger partial charge in [0.2, 0.25) is 0 Å². The number of rotatable bonds is 11. The van der Waals surface area contributed by atoms with Crippen LogP contribution < -0.4 is 0 Å². The molecule has 1 fully saturated rings. The standard InChI is InChI=1S/C25H47FN2O4/c1-9-18(2)10-11-19(3)12-27(17-25(7,8)22(30)16-29)13-20-14-28(15-21(20)26)23(31)32-24(4,5)6/h9,19-22,29-30H,10-17H2,1-8H3. The van der Waals surface area contributed by atoms with E-state index in [0.29, 0.717) is 25.6 Å². The predicted molar refractivity (Wildman–Crippen MR) is 127 cm³/mol. The third-order valence-electron chi connectivity index (χ3n) is 6.31. The van der Waals surface area contributed by atoms with Gasteiger partial charge in [0, 0.05) is 37.5 Å². The van der Waals surface area contributed by atoms with Gasteiger partial charge in [-0.15, -0.1) is 0 Å². The maximum Gasteiger partial charge on any atom is 0.410 e. The van der Waals surface area contributed by atoms with Gasteiger partial charge in [0.1, 0.15) is 11.8 Å². The molecule has 0 bridgehead atoms. The van der Waals surface area contributed by atoms with Crippen LogP contribution in [-0.2, 0) is 4.74 Å². The van der Waals surface area contributed by atoms with E-state index in [1.54, 1.807) is 20.8 Å². The fourth-order valence-electron chi connectivity index (χ4n) is 4.09. The molecule has 6 nitrogen and oxygen atoms in total. The molecule has 4 atom stereocenters. The summed E-state index contributed by atoms with van der Waals surface area (Å²) in [6, 6.07) is 0. The molecule has 4 unspecified atom stereocenters. The Hall–Kier alpha value is -1.18. The summed E-state index contributed by atoms with van der Waals surface area (Å²) in [6.45, 7) is 17.5. The number of alkyl halides is 1. The highest BCUT2D eigenvalue weighted by molar-refractivity contribution is 5.68. The molecule has 1 saturated heterocycles. The van der Waals surface area contributed by atoms with Gasteiger partial charge in [-0.25, -0.2) is 9.18 Å². The summed E-state index contributed by atoms with van der Waals surface area (Å²) in [5.41, 5.74) is 0.202. The molecule has 1 aliphatic heterocycles. The van der Waals surface area contributed by atoms with E-state index in [9.17, 15) is 19.4 Å². The first kappa shape index (κ1) is 28.9. The summed E-state index contributed by atoms with van der Waals surface area (Å²) in [5.74, 6) is 0.0856. The normalized spacial score (nSPS) is 22.4. The Morgan fingerprint density at radius 2 is 1.91 bits per heavy atom. The first-order chi connectivity index (χ1) is 14.7. The van der Waals surface area contributed by atoms with E-state index in [1.165, 1.54) is 10.5 Å². The number of halogens is 1. The number of allylic oxidation sites excluding steroid dienone is 2. The number of carbonyl (C=O) groups excluding carboxylic acids is 1. The molecule has 0 saturated carbocycles. The van der Waals surface area contributed by atoms with Crippen molar-refractivity contribution >= 4 is 6.09 Å². The van der Waals surface area contributed by atoms with E-state index in [1.807, 2.05) is 20.8 Å². The maximum absolute atomic E-state index is 14.9. The molecule has 1 heterocycles. The smallest absolute Gasteiger partial charge is 0.410 e. The van der Waals surface area contributed by atoms with Crippen molar-refractivity contribution < 1.29 is 24.1 Å². The third-order valence-corrected chi connectivity index (χ3v) is 6.31. The minimum absolute atomic E-state index is 0.0477. The molecule has 0 radical (unpaired) electrons. The Labute approximate surface area is 194 Å². The van der Waals surface area contributed by atoms with Gasteiger partial charge in [-0.2, -0.15) is 0 Å². The first-order valence-electron chi connectivity index (χ1n) is 11.9. The van der Waals surface area contributed by atoms with Crippen LogP contribution in [0.5, 0.6) is 0 Å². The third kappa shape index (κ3) is 9.75. The van der Waals surface area contributed by atoms with Gasteiger partial charge in [0.05, 0.1) is 19.3 Å². The molecule has 0 aromatic carbocycles. The molecule has 188 valence electrons. The highest BCUT2D eigenvalue weighted by Gasteiger charge is 2.39. The minimum Gasteiger partial charge on any atom is -0.444 e. The lowest BCUT2D eigenvalue weighted by molar-refractivity contribution is -0.0203. The Balaban J connectivity index is 2.86. The predicted octanol–water partition coefficient (Wildman–Crippen LogP) is 4.26. The van der Waals surface area contributed by atoms with Crippen LogP contribution in [0.2, 0.25) is 0 Å². The van der Waals surface area contributed by atoms with Crippen molar-refractivity contribution in [1.29, 1.82) is 0 Å². The number of hydrogen-bond donors (Lipinski definition) is 2. The zero-order valence-corrected chi connectivity index (χ0v) is 21.5. The van der Waals surface area contributed by atoms with Gasteiger partial charge in [0.15, 0.2) is 0 Å². The second kappa shape index (κ2) is 12.3. The second-order valence-electron chi connectivity index (χ2n) is 11.3. The van der Waals surface area contributed by atoms with Crippen molar-refractivity contribution in [2.75, 3.05) is 39.3 Å². The van der Waals surface area contributed by atoms with Crippen LogP contribution in [0.4, 0.5) is 9.18 Å². The van der Waals surface area contributed by atoms with Crippen molar-refractivity contribution in [1.82, 2.24) is 9.80 Å². The van der Waals surface area contributed by atoms with Crippen LogP contribution in [0.1, 0.15) is 68.2 Å². The number of aliphatic hydroxyl groups excluding tert-OH is 2. The number of aliphatic hydroxyl groups is 2. The van der Waals surface area contributed by atoms with Gasteiger partial charge < -0.3 is 24.7 Å². The molecule has 0 aromatic rings. The average Bonchev–Trinajstić information content (AvgIpc) is 3.04. The highest BCUT2D eigenvalue weighted by Crippen LogP contribution is 2.28. The number of ether oxygens (including phenoxy) is 1. The molecular formula is C25H47FN2O4. The molecule has 0 aliphatic carbocycles. The van der Waals surface area contributed by atoms with E-state index in [2.05, 4.69) is 24.8 Å². The van der Waals surface area contributed by atoms with Crippen molar-refractivity contribution in [2.45, 2.75) is 86.1 Å². The Morgan fingerprint density at radius 1 is 1.28 bits per heavy atom. The van der Waals surface area contributed by atoms with Crippen molar-refractivity contribution in [3.05, 3.63) is 11.6 Å². The summed E-state index contributed by atoms with van der Waals surface area (Å²) in [4.78, 5) is 16.1. The zero-order chi connectivity index (χ0) is 24.7. The van der Waals surface area contributed by atoms with Crippen LogP contribution in [0.15, 0.2) is 11.6 Å². The average molecular weight is 459 g/mol. The van der Waals surface area contributed by atoms with E-state index < -0.39 is 29.4 Å². The Morgan fingerprint density at radius 3 is 2.44 bits per heavy atom. The highest BCUT2D eigenvalue weighted by atomic mass is 19.1. The molecular weight excluding hydrogens is 411 g/mol. The van der Waals surface area contributed by atoms with Crippen LogP contribution in [0.25, 0.3) is 0 Å². The lowest BCUT2D eigenvalue weighted by Gasteiger charge is -2.38. The van der Waals surface area contributed by atoms with Gasteiger partial charge in [-0.1, -0.05) is 32.4 Å². The fraction of sp³-hybridized carbons (Fsp3) is 0.880. The quantitative estimate of drug-likeness (QED) is 0.453. The number of carbonyl (C=O) groups is 1. The van der Waals surface area contributed by atoms with Gasteiger partial charge in [-0.3, -0.25) is 0 Å².